The van der Waals surface area contributed by atoms with Gasteiger partial charge in [-0.05, 0) is 30.5 Å². The zero-order chi connectivity index (χ0) is 16.8. The Morgan fingerprint density at radius 1 is 0.957 bits per heavy atom. The van der Waals surface area contributed by atoms with Crippen molar-refractivity contribution in [2.75, 3.05) is 7.11 Å². The predicted octanol–water partition coefficient (Wildman–Crippen LogP) is 4.08. The van der Waals surface area contributed by atoms with Crippen LogP contribution in [0.25, 0.3) is 0 Å². The lowest BCUT2D eigenvalue weighted by molar-refractivity contribution is 0.0301. The van der Waals surface area contributed by atoms with Gasteiger partial charge in [-0.25, -0.2) is 0 Å². The van der Waals surface area contributed by atoms with Crippen LogP contribution in [0, 0.1) is 0 Å². The quantitative estimate of drug-likeness (QED) is 0.877. The SMILES string of the molecule is COc1cc(O)ccc1C1(C)CC(C)(C)c2ccc(O)cc2O1. The predicted molar refractivity (Wildman–Crippen MR) is 88.4 cm³/mol. The van der Waals surface area contributed by atoms with E-state index in [0.29, 0.717) is 11.5 Å². The normalized spacial score (nSPS) is 22.1. The van der Waals surface area contributed by atoms with Crippen LogP contribution in [-0.2, 0) is 11.0 Å². The fourth-order valence-corrected chi connectivity index (χ4v) is 3.64. The molecule has 0 bridgehead atoms. The first-order valence-electron chi connectivity index (χ1n) is 7.65. The lowest BCUT2D eigenvalue weighted by atomic mass is 9.71. The molecule has 4 nitrogen and oxygen atoms in total. The van der Waals surface area contributed by atoms with Crippen LogP contribution in [0.5, 0.6) is 23.0 Å². The number of hydrogen-bond donors (Lipinski definition) is 2. The van der Waals surface area contributed by atoms with Crippen LogP contribution >= 0.6 is 0 Å². The van der Waals surface area contributed by atoms with E-state index in [9.17, 15) is 10.2 Å². The second-order valence-corrected chi connectivity index (χ2v) is 6.96. The van der Waals surface area contributed by atoms with E-state index in [1.54, 1.807) is 31.4 Å². The van der Waals surface area contributed by atoms with Gasteiger partial charge in [-0.2, -0.15) is 0 Å². The van der Waals surface area contributed by atoms with Gasteiger partial charge in [-0.15, -0.1) is 0 Å². The molecule has 23 heavy (non-hydrogen) atoms. The summed E-state index contributed by atoms with van der Waals surface area (Å²) in [6.45, 7) is 6.34. The Labute approximate surface area is 136 Å². The average molecular weight is 314 g/mol. The molecule has 2 aromatic carbocycles. The molecule has 1 aliphatic heterocycles. The van der Waals surface area contributed by atoms with Crippen molar-refractivity contribution in [3.8, 4) is 23.0 Å². The summed E-state index contributed by atoms with van der Waals surface area (Å²) in [4.78, 5) is 0. The summed E-state index contributed by atoms with van der Waals surface area (Å²) in [6.07, 6.45) is 0.749. The Hall–Kier alpha value is -2.36. The number of hydrogen-bond acceptors (Lipinski definition) is 4. The first-order valence-corrected chi connectivity index (χ1v) is 7.65. The van der Waals surface area contributed by atoms with Gasteiger partial charge in [-0.3, -0.25) is 0 Å². The number of ether oxygens (including phenoxy) is 2. The topological polar surface area (TPSA) is 58.9 Å². The molecule has 1 unspecified atom stereocenters. The van der Waals surface area contributed by atoms with Crippen molar-refractivity contribution in [1.82, 2.24) is 0 Å². The third-order valence-corrected chi connectivity index (χ3v) is 4.56. The van der Waals surface area contributed by atoms with Gasteiger partial charge in [-0.1, -0.05) is 19.9 Å². The van der Waals surface area contributed by atoms with E-state index >= 15 is 0 Å². The minimum atomic E-state index is -0.622. The lowest BCUT2D eigenvalue weighted by Gasteiger charge is -2.44. The second-order valence-electron chi connectivity index (χ2n) is 6.96. The smallest absolute Gasteiger partial charge is 0.136 e. The minimum Gasteiger partial charge on any atom is -0.508 e. The van der Waals surface area contributed by atoms with Gasteiger partial charge in [0.1, 0.15) is 28.6 Å². The van der Waals surface area contributed by atoms with Gasteiger partial charge >= 0.3 is 0 Å². The van der Waals surface area contributed by atoms with Gasteiger partial charge < -0.3 is 19.7 Å². The van der Waals surface area contributed by atoms with Crippen LogP contribution in [0.3, 0.4) is 0 Å². The van der Waals surface area contributed by atoms with Crippen LogP contribution in [0.4, 0.5) is 0 Å². The molecule has 4 heteroatoms. The van der Waals surface area contributed by atoms with Crippen molar-refractivity contribution in [2.24, 2.45) is 0 Å². The molecule has 0 aliphatic carbocycles. The molecule has 0 saturated carbocycles. The maximum atomic E-state index is 9.80. The average Bonchev–Trinajstić information content (AvgIpc) is 2.45. The van der Waals surface area contributed by atoms with E-state index in [2.05, 4.69) is 13.8 Å². The molecule has 0 amide bonds. The molecule has 0 spiro atoms. The number of phenols is 2. The molecule has 0 saturated heterocycles. The number of fused-ring (bicyclic) bond motifs is 1. The summed E-state index contributed by atoms with van der Waals surface area (Å²) in [7, 11) is 1.58. The molecule has 2 aromatic rings. The highest BCUT2D eigenvalue weighted by atomic mass is 16.5. The number of rotatable bonds is 2. The van der Waals surface area contributed by atoms with E-state index in [1.807, 2.05) is 19.1 Å². The summed E-state index contributed by atoms with van der Waals surface area (Å²) in [5.74, 6) is 1.61. The molecular weight excluding hydrogens is 292 g/mol. The highest BCUT2D eigenvalue weighted by Gasteiger charge is 2.44. The van der Waals surface area contributed by atoms with E-state index in [4.69, 9.17) is 9.47 Å². The molecule has 1 atom stereocenters. The summed E-state index contributed by atoms with van der Waals surface area (Å²) >= 11 is 0. The molecule has 1 heterocycles. The molecule has 0 aromatic heterocycles. The molecule has 122 valence electrons. The Morgan fingerprint density at radius 3 is 2.22 bits per heavy atom. The maximum Gasteiger partial charge on any atom is 0.136 e. The molecule has 3 rings (SSSR count). The zero-order valence-electron chi connectivity index (χ0n) is 13.9. The van der Waals surface area contributed by atoms with Crippen molar-refractivity contribution in [2.45, 2.75) is 38.2 Å². The monoisotopic (exact) mass is 314 g/mol. The Morgan fingerprint density at radius 2 is 1.57 bits per heavy atom. The van der Waals surface area contributed by atoms with Crippen LogP contribution in [-0.4, -0.2) is 17.3 Å². The van der Waals surface area contributed by atoms with E-state index in [0.717, 1.165) is 17.5 Å². The summed E-state index contributed by atoms with van der Waals surface area (Å²) in [5.41, 5.74) is 1.20. The molecule has 1 aliphatic rings. The molecule has 0 fully saturated rings. The third-order valence-electron chi connectivity index (χ3n) is 4.56. The van der Waals surface area contributed by atoms with Gasteiger partial charge in [0.15, 0.2) is 0 Å². The largest absolute Gasteiger partial charge is 0.508 e. The van der Waals surface area contributed by atoms with Crippen LogP contribution in [0.1, 0.15) is 38.3 Å². The number of benzene rings is 2. The van der Waals surface area contributed by atoms with Crippen molar-refractivity contribution < 1.29 is 19.7 Å². The Bertz CT molecular complexity index is 751. The fourth-order valence-electron chi connectivity index (χ4n) is 3.64. The molecule has 2 N–H and O–H groups in total. The summed E-state index contributed by atoms with van der Waals surface area (Å²) < 4.78 is 11.7. The van der Waals surface area contributed by atoms with Gasteiger partial charge in [0.2, 0.25) is 0 Å². The Balaban J connectivity index is 2.14. The first kappa shape index (κ1) is 15.5. The third kappa shape index (κ3) is 2.58. The lowest BCUT2D eigenvalue weighted by Crippen LogP contribution is -2.41. The molecule has 0 radical (unpaired) electrons. The summed E-state index contributed by atoms with van der Waals surface area (Å²) in [5, 5.41) is 19.5. The van der Waals surface area contributed by atoms with Crippen molar-refractivity contribution in [1.29, 1.82) is 0 Å². The van der Waals surface area contributed by atoms with Gasteiger partial charge in [0.05, 0.1) is 7.11 Å². The van der Waals surface area contributed by atoms with E-state index in [-0.39, 0.29) is 16.9 Å². The van der Waals surface area contributed by atoms with E-state index in [1.165, 1.54) is 0 Å². The van der Waals surface area contributed by atoms with Gasteiger partial charge in [0, 0.05) is 29.7 Å². The second kappa shape index (κ2) is 5.08. The number of methoxy groups -OCH3 is 1. The summed E-state index contributed by atoms with van der Waals surface area (Å²) in [6, 6.07) is 10.3. The standard InChI is InChI=1S/C19H22O4/c1-18(2)11-19(3,15-8-6-12(20)9-16(15)22-4)23-17-10-13(21)5-7-14(17)18/h5-10,20-21H,11H2,1-4H3. The number of aromatic hydroxyl groups is 2. The van der Waals surface area contributed by atoms with Crippen LogP contribution in [0.15, 0.2) is 36.4 Å². The first-order chi connectivity index (χ1) is 10.7. The minimum absolute atomic E-state index is 0.126. The zero-order valence-corrected chi connectivity index (χ0v) is 13.9. The highest BCUT2D eigenvalue weighted by molar-refractivity contribution is 5.50. The maximum absolute atomic E-state index is 9.80. The fraction of sp³-hybridized carbons (Fsp3) is 0.368. The number of phenolic OH excluding ortho intramolecular Hbond substituents is 2. The van der Waals surface area contributed by atoms with Crippen LogP contribution < -0.4 is 9.47 Å². The molecular formula is C19H22O4. The van der Waals surface area contributed by atoms with Crippen molar-refractivity contribution in [3.05, 3.63) is 47.5 Å². The van der Waals surface area contributed by atoms with Gasteiger partial charge in [0.25, 0.3) is 0 Å². The Kier molecular flexibility index (Phi) is 3.43. The highest BCUT2D eigenvalue weighted by Crippen LogP contribution is 2.51. The van der Waals surface area contributed by atoms with Crippen LogP contribution in [0.2, 0.25) is 0 Å². The van der Waals surface area contributed by atoms with Crippen molar-refractivity contribution >= 4 is 0 Å². The van der Waals surface area contributed by atoms with E-state index < -0.39 is 5.60 Å². The van der Waals surface area contributed by atoms with Crippen molar-refractivity contribution in [3.63, 3.8) is 0 Å².